The Labute approximate surface area is 160 Å². The van der Waals surface area contributed by atoms with Crippen LogP contribution in [-0.2, 0) is 4.79 Å². The van der Waals surface area contributed by atoms with E-state index in [1.54, 1.807) is 12.4 Å². The zero-order chi connectivity index (χ0) is 19.4. The van der Waals surface area contributed by atoms with Crippen LogP contribution >= 0.6 is 0 Å². The molecule has 0 aliphatic heterocycles. The molecule has 1 aromatic carbocycles. The molecule has 1 N–H and O–H groups in total. The number of carbonyl (C=O) groups is 1. The van der Waals surface area contributed by atoms with Gasteiger partial charge in [0.05, 0.1) is 17.8 Å². The summed E-state index contributed by atoms with van der Waals surface area (Å²) in [6.07, 6.45) is 3.90. The third-order valence-electron chi connectivity index (χ3n) is 5.04. The Morgan fingerprint density at radius 3 is 2.37 bits per heavy atom. The Morgan fingerprint density at radius 2 is 1.78 bits per heavy atom. The average Bonchev–Trinajstić information content (AvgIpc) is 2.95. The maximum atomic E-state index is 12.8. The van der Waals surface area contributed by atoms with Crippen molar-refractivity contribution in [3.63, 3.8) is 0 Å². The van der Waals surface area contributed by atoms with Gasteiger partial charge in [0, 0.05) is 24.5 Å². The first-order chi connectivity index (χ1) is 13.0. The van der Waals surface area contributed by atoms with E-state index in [0.29, 0.717) is 6.42 Å². The first-order valence-corrected chi connectivity index (χ1v) is 9.24. The zero-order valence-corrected chi connectivity index (χ0v) is 16.3. The van der Waals surface area contributed by atoms with Gasteiger partial charge in [-0.25, -0.2) is 0 Å². The maximum Gasteiger partial charge on any atom is 0.222 e. The lowest BCUT2D eigenvalue weighted by molar-refractivity contribution is -0.122. The van der Waals surface area contributed by atoms with Gasteiger partial charge in [0.2, 0.25) is 5.91 Å². The van der Waals surface area contributed by atoms with Crippen LogP contribution in [-0.4, -0.2) is 20.7 Å². The van der Waals surface area contributed by atoms with Crippen molar-refractivity contribution in [2.45, 2.75) is 46.2 Å². The number of amides is 1. The molecule has 1 amide bonds. The van der Waals surface area contributed by atoms with E-state index in [9.17, 15) is 4.79 Å². The highest BCUT2D eigenvalue weighted by atomic mass is 16.1. The minimum absolute atomic E-state index is 0.00888. The lowest BCUT2D eigenvalue weighted by Crippen LogP contribution is -2.31. The van der Waals surface area contributed by atoms with Crippen LogP contribution in [0.3, 0.4) is 0 Å². The maximum absolute atomic E-state index is 12.8. The van der Waals surface area contributed by atoms with E-state index in [1.807, 2.05) is 67.9 Å². The van der Waals surface area contributed by atoms with E-state index >= 15 is 0 Å². The molecule has 2 aromatic heterocycles. The Hall–Kier alpha value is -2.95. The molecule has 0 aliphatic carbocycles. The van der Waals surface area contributed by atoms with Crippen molar-refractivity contribution in [2.75, 3.05) is 0 Å². The molecule has 0 fully saturated rings. The van der Waals surface area contributed by atoms with Crippen LogP contribution in [0.2, 0.25) is 0 Å². The fourth-order valence-electron chi connectivity index (χ4n) is 3.30. The molecule has 0 aliphatic rings. The molecule has 0 radical (unpaired) electrons. The summed E-state index contributed by atoms with van der Waals surface area (Å²) in [7, 11) is 0. The van der Waals surface area contributed by atoms with Crippen molar-refractivity contribution in [1.29, 1.82) is 0 Å². The number of hydrogen-bond donors (Lipinski definition) is 1. The summed E-state index contributed by atoms with van der Waals surface area (Å²) in [5, 5.41) is 7.76. The summed E-state index contributed by atoms with van der Waals surface area (Å²) in [4.78, 5) is 17.0. The quantitative estimate of drug-likeness (QED) is 0.719. The molecule has 27 heavy (non-hydrogen) atoms. The van der Waals surface area contributed by atoms with Gasteiger partial charge in [0.15, 0.2) is 0 Å². The van der Waals surface area contributed by atoms with E-state index in [-0.39, 0.29) is 18.0 Å². The van der Waals surface area contributed by atoms with Gasteiger partial charge in [-0.1, -0.05) is 36.4 Å². The van der Waals surface area contributed by atoms with E-state index < -0.39 is 0 Å². The molecule has 5 nitrogen and oxygen atoms in total. The first kappa shape index (κ1) is 18.8. The molecule has 0 saturated carbocycles. The predicted octanol–water partition coefficient (Wildman–Crippen LogP) is 4.06. The Morgan fingerprint density at radius 1 is 1.07 bits per heavy atom. The number of nitrogens with one attached hydrogen (secondary N) is 1. The SMILES string of the molecule is Cc1nn([C@H](C)CC(=O)N[C@@H](c2ccccc2)c2cccnc2)c(C)c1C. The Kier molecular flexibility index (Phi) is 5.69. The number of aryl methyl sites for hydroxylation is 1. The minimum atomic E-state index is -0.221. The molecule has 2 heterocycles. The fraction of sp³-hybridized carbons (Fsp3) is 0.318. The van der Waals surface area contributed by atoms with Crippen molar-refractivity contribution in [1.82, 2.24) is 20.1 Å². The number of hydrogen-bond acceptors (Lipinski definition) is 3. The molecule has 3 aromatic rings. The standard InChI is InChI=1S/C22H26N4O/c1-15(26-18(4)16(2)17(3)25-26)13-21(27)24-22(19-9-6-5-7-10-19)20-11-8-12-23-14-20/h5-12,14-15,22H,13H2,1-4H3,(H,24,27)/t15-,22+/m1/s1. The normalized spacial score (nSPS) is 13.2. The molecular weight excluding hydrogens is 336 g/mol. The average molecular weight is 362 g/mol. The molecule has 0 spiro atoms. The Balaban J connectivity index is 1.78. The summed E-state index contributed by atoms with van der Waals surface area (Å²) in [5.41, 5.74) is 5.30. The number of aromatic nitrogens is 3. The third-order valence-corrected chi connectivity index (χ3v) is 5.04. The van der Waals surface area contributed by atoms with Crippen LogP contribution in [0.15, 0.2) is 54.9 Å². The molecule has 140 valence electrons. The summed E-state index contributed by atoms with van der Waals surface area (Å²) in [6.45, 7) is 8.14. The summed E-state index contributed by atoms with van der Waals surface area (Å²) < 4.78 is 1.95. The van der Waals surface area contributed by atoms with Gasteiger partial charge in [0.25, 0.3) is 0 Å². The molecule has 0 unspecified atom stereocenters. The lowest BCUT2D eigenvalue weighted by Gasteiger charge is -2.21. The Bertz CT molecular complexity index is 863. The summed E-state index contributed by atoms with van der Waals surface area (Å²) in [6, 6.07) is 13.6. The number of nitrogens with zero attached hydrogens (tertiary/aromatic N) is 3. The predicted molar refractivity (Wildman–Crippen MR) is 106 cm³/mol. The number of rotatable bonds is 6. The van der Waals surface area contributed by atoms with E-state index in [4.69, 9.17) is 0 Å². The zero-order valence-electron chi connectivity index (χ0n) is 16.3. The first-order valence-electron chi connectivity index (χ1n) is 9.24. The number of benzene rings is 1. The highest BCUT2D eigenvalue weighted by molar-refractivity contribution is 5.77. The molecule has 2 atom stereocenters. The summed E-state index contributed by atoms with van der Waals surface area (Å²) >= 11 is 0. The smallest absolute Gasteiger partial charge is 0.222 e. The highest BCUT2D eigenvalue weighted by Crippen LogP contribution is 2.23. The second-order valence-corrected chi connectivity index (χ2v) is 6.99. The van der Waals surface area contributed by atoms with Crippen molar-refractivity contribution >= 4 is 5.91 Å². The lowest BCUT2D eigenvalue weighted by atomic mass is 10.00. The molecule has 5 heteroatoms. The second kappa shape index (κ2) is 8.16. The van der Waals surface area contributed by atoms with Gasteiger partial charge in [0.1, 0.15) is 0 Å². The number of carbonyl (C=O) groups excluding carboxylic acids is 1. The van der Waals surface area contributed by atoms with E-state index in [0.717, 1.165) is 22.5 Å². The van der Waals surface area contributed by atoms with Gasteiger partial charge >= 0.3 is 0 Å². The summed E-state index contributed by atoms with van der Waals surface area (Å²) in [5.74, 6) is -0.00888. The van der Waals surface area contributed by atoms with Crippen LogP contribution in [0.1, 0.15) is 53.5 Å². The van der Waals surface area contributed by atoms with Gasteiger partial charge in [-0.15, -0.1) is 0 Å². The minimum Gasteiger partial charge on any atom is -0.345 e. The van der Waals surface area contributed by atoms with Crippen molar-refractivity contribution in [3.8, 4) is 0 Å². The van der Waals surface area contributed by atoms with Crippen molar-refractivity contribution < 1.29 is 4.79 Å². The van der Waals surface area contributed by atoms with Gasteiger partial charge in [-0.2, -0.15) is 5.10 Å². The van der Waals surface area contributed by atoms with Gasteiger partial charge in [-0.05, 0) is 50.5 Å². The van der Waals surface area contributed by atoms with Crippen LogP contribution in [0.25, 0.3) is 0 Å². The largest absolute Gasteiger partial charge is 0.345 e. The van der Waals surface area contributed by atoms with Gasteiger partial charge in [-0.3, -0.25) is 14.5 Å². The van der Waals surface area contributed by atoms with E-state index in [2.05, 4.69) is 22.3 Å². The third kappa shape index (κ3) is 4.25. The van der Waals surface area contributed by atoms with Crippen molar-refractivity contribution in [2.24, 2.45) is 0 Å². The van der Waals surface area contributed by atoms with Crippen LogP contribution in [0.5, 0.6) is 0 Å². The number of pyridine rings is 1. The molecule has 0 saturated heterocycles. The highest BCUT2D eigenvalue weighted by Gasteiger charge is 2.20. The molecular formula is C22H26N4O. The fourth-order valence-corrected chi connectivity index (χ4v) is 3.30. The topological polar surface area (TPSA) is 59.8 Å². The van der Waals surface area contributed by atoms with Gasteiger partial charge < -0.3 is 5.32 Å². The van der Waals surface area contributed by atoms with Crippen LogP contribution < -0.4 is 5.32 Å². The van der Waals surface area contributed by atoms with Crippen molar-refractivity contribution in [3.05, 3.63) is 82.9 Å². The monoisotopic (exact) mass is 362 g/mol. The second-order valence-electron chi connectivity index (χ2n) is 6.99. The van der Waals surface area contributed by atoms with E-state index in [1.165, 1.54) is 5.56 Å². The molecule has 3 rings (SSSR count). The molecule has 0 bridgehead atoms. The van der Waals surface area contributed by atoms with Crippen LogP contribution in [0.4, 0.5) is 0 Å². The van der Waals surface area contributed by atoms with Crippen LogP contribution in [0, 0.1) is 20.8 Å².